The maximum Gasteiger partial charge on any atom is 0.334 e. The lowest BCUT2D eigenvalue weighted by Gasteiger charge is -2.34. The molecule has 5 atom stereocenters. The minimum absolute atomic E-state index is 0.0401. The summed E-state index contributed by atoms with van der Waals surface area (Å²) in [6.07, 6.45) is -0.233. The van der Waals surface area contributed by atoms with Crippen molar-refractivity contribution in [1.29, 1.82) is 0 Å². The summed E-state index contributed by atoms with van der Waals surface area (Å²) in [5, 5.41) is 30.8. The molecule has 0 bridgehead atoms. The minimum atomic E-state index is -1.22. The summed E-state index contributed by atoms with van der Waals surface area (Å²) < 4.78 is 4.97. The largest absolute Gasteiger partial charge is 0.481 e. The lowest BCUT2D eigenvalue weighted by atomic mass is 9.77. The summed E-state index contributed by atoms with van der Waals surface area (Å²) in [6.45, 7) is 3.31. The molecule has 0 saturated heterocycles. The third-order valence-corrected chi connectivity index (χ3v) is 5.48. The van der Waals surface area contributed by atoms with Gasteiger partial charge in [-0.1, -0.05) is 0 Å². The number of carboxylic acids is 1. The number of aliphatic carboxylic acids is 1. The third-order valence-electron chi connectivity index (χ3n) is 5.48. The van der Waals surface area contributed by atoms with Gasteiger partial charge < -0.3 is 20.1 Å². The van der Waals surface area contributed by atoms with Gasteiger partial charge in [-0.2, -0.15) is 0 Å². The van der Waals surface area contributed by atoms with Crippen LogP contribution in [0.1, 0.15) is 33.1 Å². The quantitative estimate of drug-likeness (QED) is 0.608. The number of carboxylic acid groups (broad SMARTS) is 1. The molecule has 6 nitrogen and oxygen atoms in total. The average molecular weight is 296 g/mol. The monoisotopic (exact) mass is 296 g/mol. The van der Waals surface area contributed by atoms with Crippen LogP contribution in [-0.2, 0) is 14.3 Å². The van der Waals surface area contributed by atoms with Crippen molar-refractivity contribution in [1.82, 2.24) is 0 Å². The zero-order valence-electron chi connectivity index (χ0n) is 12.1. The van der Waals surface area contributed by atoms with Gasteiger partial charge in [-0.3, -0.25) is 4.79 Å². The smallest absolute Gasteiger partial charge is 0.334 e. The van der Waals surface area contributed by atoms with Crippen molar-refractivity contribution in [3.63, 3.8) is 0 Å². The van der Waals surface area contributed by atoms with Gasteiger partial charge in [-0.15, -0.1) is 0 Å². The van der Waals surface area contributed by atoms with Gasteiger partial charge >= 0.3 is 11.9 Å². The van der Waals surface area contributed by atoms with Gasteiger partial charge in [0.2, 0.25) is 0 Å². The second-order valence-electron chi connectivity index (χ2n) is 7.10. The first-order valence-electron chi connectivity index (χ1n) is 7.18. The molecule has 21 heavy (non-hydrogen) atoms. The molecule has 1 aliphatic heterocycles. The molecule has 0 aromatic heterocycles. The Labute approximate surface area is 122 Å². The van der Waals surface area contributed by atoms with Crippen molar-refractivity contribution >= 4 is 11.9 Å². The van der Waals surface area contributed by atoms with Crippen LogP contribution < -0.4 is 0 Å². The minimum Gasteiger partial charge on any atom is -0.481 e. The summed E-state index contributed by atoms with van der Waals surface area (Å²) in [7, 11) is 0. The van der Waals surface area contributed by atoms with E-state index in [9.17, 15) is 24.9 Å². The Balaban J connectivity index is 2.03. The van der Waals surface area contributed by atoms with Gasteiger partial charge in [0, 0.05) is 17.6 Å². The topological polar surface area (TPSA) is 104 Å². The van der Waals surface area contributed by atoms with E-state index < -0.39 is 29.1 Å². The van der Waals surface area contributed by atoms with Gasteiger partial charge in [0.05, 0.1) is 17.1 Å². The van der Waals surface area contributed by atoms with Crippen molar-refractivity contribution in [3.05, 3.63) is 11.1 Å². The first kappa shape index (κ1) is 14.5. The van der Waals surface area contributed by atoms with Crippen LogP contribution in [0.5, 0.6) is 0 Å². The van der Waals surface area contributed by atoms with Crippen LogP contribution in [0.4, 0.5) is 0 Å². The molecule has 116 valence electrons. The van der Waals surface area contributed by atoms with E-state index >= 15 is 0 Å². The second kappa shape index (κ2) is 4.30. The molecule has 1 saturated carbocycles. The highest BCUT2D eigenvalue weighted by Crippen LogP contribution is 2.55. The highest BCUT2D eigenvalue weighted by molar-refractivity contribution is 5.92. The zero-order chi connectivity index (χ0) is 15.6. The van der Waals surface area contributed by atoms with Gasteiger partial charge in [-0.05, 0) is 38.5 Å². The normalized spacial score (nSPS) is 45.9. The van der Waals surface area contributed by atoms with Crippen molar-refractivity contribution < 1.29 is 29.6 Å². The van der Waals surface area contributed by atoms with Crippen LogP contribution >= 0.6 is 0 Å². The van der Waals surface area contributed by atoms with Crippen LogP contribution in [0.15, 0.2) is 11.1 Å². The van der Waals surface area contributed by atoms with E-state index in [1.54, 1.807) is 13.8 Å². The molecule has 3 aliphatic rings. The van der Waals surface area contributed by atoms with Crippen molar-refractivity contribution in [3.8, 4) is 0 Å². The predicted octanol–water partition coefficient (Wildman–Crippen LogP) is 0.473. The molecule has 3 rings (SSSR count). The first-order chi connectivity index (χ1) is 9.66. The molecule has 5 unspecified atom stereocenters. The van der Waals surface area contributed by atoms with E-state index in [1.807, 2.05) is 0 Å². The summed E-state index contributed by atoms with van der Waals surface area (Å²) in [5.41, 5.74) is -1.30. The Morgan fingerprint density at radius 3 is 2.62 bits per heavy atom. The molecule has 0 amide bonds. The second-order valence-corrected chi connectivity index (χ2v) is 7.10. The van der Waals surface area contributed by atoms with Crippen molar-refractivity contribution in [2.75, 3.05) is 6.61 Å². The number of esters is 1. The number of rotatable bonds is 1. The molecule has 1 fully saturated rings. The molecule has 0 spiro atoms. The average Bonchev–Trinajstić information content (AvgIpc) is 2.90. The Hall–Kier alpha value is -1.40. The van der Waals surface area contributed by atoms with E-state index in [0.29, 0.717) is 17.6 Å². The lowest BCUT2D eigenvalue weighted by molar-refractivity contribution is -0.148. The van der Waals surface area contributed by atoms with E-state index in [4.69, 9.17) is 4.74 Å². The Kier molecular flexibility index (Phi) is 2.98. The number of hydrogen-bond donors (Lipinski definition) is 3. The van der Waals surface area contributed by atoms with Crippen LogP contribution in [-0.4, -0.2) is 45.6 Å². The molecular weight excluding hydrogens is 276 g/mol. The molecule has 2 aliphatic carbocycles. The number of carbonyl (C=O) groups excluding carboxylic acids is 1. The van der Waals surface area contributed by atoms with Crippen LogP contribution in [0, 0.1) is 17.3 Å². The number of ether oxygens (including phenoxy) is 1. The highest BCUT2D eigenvalue weighted by atomic mass is 16.5. The summed E-state index contributed by atoms with van der Waals surface area (Å²) >= 11 is 0. The summed E-state index contributed by atoms with van der Waals surface area (Å²) in [5.74, 6) is -2.12. The number of cyclic esters (lactones) is 1. The molecule has 0 aromatic carbocycles. The third kappa shape index (κ3) is 2.00. The standard InChI is InChI=1S/C15H20O6/c1-14(13(18)19)3-8-10(5-14)15(2,20)4-7-9(11(8)16)6-21-12(7)17/h8,10-11,16,20H,3-6H2,1-2H3,(H,18,19). The Morgan fingerprint density at radius 2 is 2.00 bits per heavy atom. The maximum atomic E-state index is 11.8. The molecule has 0 radical (unpaired) electrons. The summed E-state index contributed by atoms with van der Waals surface area (Å²) in [4.78, 5) is 23.2. The number of carbonyl (C=O) groups is 2. The molecule has 0 aromatic rings. The van der Waals surface area contributed by atoms with Gasteiger partial charge in [0.25, 0.3) is 0 Å². The maximum absolute atomic E-state index is 11.8. The fourth-order valence-electron chi connectivity index (χ4n) is 4.22. The number of aliphatic hydroxyl groups excluding tert-OH is 1. The SMILES string of the molecule is CC1(C(=O)O)CC2C(O)C3=C(CC(C)(O)C2C1)C(=O)OC3. The Bertz CT molecular complexity index is 548. The Morgan fingerprint density at radius 1 is 1.33 bits per heavy atom. The van der Waals surface area contributed by atoms with Gasteiger partial charge in [0.1, 0.15) is 6.61 Å². The number of hydrogen-bond acceptors (Lipinski definition) is 5. The molecule has 3 N–H and O–H groups in total. The van der Waals surface area contributed by atoms with Crippen LogP contribution in [0.2, 0.25) is 0 Å². The fraction of sp³-hybridized carbons (Fsp3) is 0.733. The number of aliphatic hydroxyl groups is 2. The van der Waals surface area contributed by atoms with Crippen LogP contribution in [0.25, 0.3) is 0 Å². The zero-order valence-corrected chi connectivity index (χ0v) is 12.1. The van der Waals surface area contributed by atoms with Crippen LogP contribution in [0.3, 0.4) is 0 Å². The predicted molar refractivity (Wildman–Crippen MR) is 71.2 cm³/mol. The van der Waals surface area contributed by atoms with E-state index in [2.05, 4.69) is 0 Å². The highest BCUT2D eigenvalue weighted by Gasteiger charge is 2.58. The van der Waals surface area contributed by atoms with Crippen molar-refractivity contribution in [2.45, 2.75) is 44.8 Å². The lowest BCUT2D eigenvalue weighted by Crippen LogP contribution is -2.39. The van der Waals surface area contributed by atoms with E-state index in [1.165, 1.54) is 0 Å². The number of fused-ring (bicyclic) bond motifs is 1. The molecule has 6 heteroatoms. The fourth-order valence-corrected chi connectivity index (χ4v) is 4.22. The van der Waals surface area contributed by atoms with Gasteiger partial charge in [0.15, 0.2) is 0 Å². The summed E-state index contributed by atoms with van der Waals surface area (Å²) in [6, 6.07) is 0. The van der Waals surface area contributed by atoms with Crippen molar-refractivity contribution in [2.24, 2.45) is 17.3 Å². The van der Waals surface area contributed by atoms with Gasteiger partial charge in [-0.25, -0.2) is 4.79 Å². The molecular formula is C15H20O6. The molecule has 1 heterocycles. The van der Waals surface area contributed by atoms with E-state index in [0.717, 1.165) is 0 Å². The van der Waals surface area contributed by atoms with E-state index in [-0.39, 0.29) is 31.3 Å². The first-order valence-corrected chi connectivity index (χ1v) is 7.18.